The van der Waals surface area contributed by atoms with Crippen LogP contribution in [0.25, 0.3) is 0 Å². The lowest BCUT2D eigenvalue weighted by Gasteiger charge is -2.08. The van der Waals surface area contributed by atoms with Crippen LogP contribution in [0.5, 0.6) is 0 Å². The van der Waals surface area contributed by atoms with E-state index in [-0.39, 0.29) is 5.62 Å². The summed E-state index contributed by atoms with van der Waals surface area (Å²) in [5.41, 5.74) is 1.04. The molecule has 1 heterocycles. The topological polar surface area (TPSA) is 18.5 Å². The summed E-state index contributed by atoms with van der Waals surface area (Å²) in [4.78, 5) is 1.15. The standard InChI is InChI=1S/C10H10O2S/c1-8-2-4-9(5-3-8)13-10-11-6-7-12-10/h2-7,10H,1H3. The highest BCUT2D eigenvalue weighted by Gasteiger charge is 2.13. The summed E-state index contributed by atoms with van der Waals surface area (Å²) in [6.07, 6.45) is 3.12. The van der Waals surface area contributed by atoms with E-state index >= 15 is 0 Å². The number of hydrogen-bond acceptors (Lipinski definition) is 3. The van der Waals surface area contributed by atoms with E-state index in [0.717, 1.165) is 4.90 Å². The third-order valence-electron chi connectivity index (χ3n) is 1.69. The number of hydrogen-bond donors (Lipinski definition) is 0. The fraction of sp³-hybridized carbons (Fsp3) is 0.200. The number of benzene rings is 1. The Balaban J connectivity index is 1.97. The van der Waals surface area contributed by atoms with E-state index in [1.165, 1.54) is 5.56 Å². The lowest BCUT2D eigenvalue weighted by Crippen LogP contribution is -1.99. The third-order valence-corrected chi connectivity index (χ3v) is 2.65. The fourth-order valence-electron chi connectivity index (χ4n) is 1.01. The van der Waals surface area contributed by atoms with Gasteiger partial charge in [-0.1, -0.05) is 17.7 Å². The monoisotopic (exact) mass is 194 g/mol. The molecule has 0 N–H and O–H groups in total. The summed E-state index contributed by atoms with van der Waals surface area (Å²) in [5, 5.41) is 0. The minimum absolute atomic E-state index is 0.220. The van der Waals surface area contributed by atoms with Gasteiger partial charge in [-0.3, -0.25) is 0 Å². The zero-order valence-electron chi connectivity index (χ0n) is 7.27. The van der Waals surface area contributed by atoms with Crippen molar-refractivity contribution in [1.29, 1.82) is 0 Å². The van der Waals surface area contributed by atoms with Crippen LogP contribution in [0.2, 0.25) is 0 Å². The summed E-state index contributed by atoms with van der Waals surface area (Å²) >= 11 is 1.55. The second-order valence-electron chi connectivity index (χ2n) is 2.76. The van der Waals surface area contributed by atoms with Gasteiger partial charge in [0.1, 0.15) is 12.5 Å². The van der Waals surface area contributed by atoms with Crippen molar-refractivity contribution in [3.8, 4) is 0 Å². The Hall–Kier alpha value is -1.09. The molecule has 0 unspecified atom stereocenters. The molecule has 1 aliphatic rings. The lowest BCUT2D eigenvalue weighted by molar-refractivity contribution is 0.0564. The molecule has 0 fully saturated rings. The first-order chi connectivity index (χ1) is 6.34. The smallest absolute Gasteiger partial charge is 0.294 e. The van der Waals surface area contributed by atoms with Gasteiger partial charge in [0, 0.05) is 4.90 Å². The van der Waals surface area contributed by atoms with E-state index in [0.29, 0.717) is 0 Å². The molecule has 0 amide bonds. The summed E-state index contributed by atoms with van der Waals surface area (Å²) in [5.74, 6) is 0. The molecule has 0 spiro atoms. The highest BCUT2D eigenvalue weighted by molar-refractivity contribution is 7.99. The molecule has 2 rings (SSSR count). The molecule has 0 aromatic heterocycles. The maximum absolute atomic E-state index is 5.15. The summed E-state index contributed by atoms with van der Waals surface area (Å²) < 4.78 is 10.3. The Kier molecular flexibility index (Phi) is 2.45. The molecule has 2 nitrogen and oxygen atoms in total. The zero-order valence-corrected chi connectivity index (χ0v) is 8.08. The van der Waals surface area contributed by atoms with Crippen LogP contribution in [0.3, 0.4) is 0 Å². The van der Waals surface area contributed by atoms with Gasteiger partial charge in [0.05, 0.1) is 0 Å². The molecule has 1 aliphatic heterocycles. The normalized spacial score (nSPS) is 15.5. The maximum Gasteiger partial charge on any atom is 0.294 e. The van der Waals surface area contributed by atoms with Crippen molar-refractivity contribution < 1.29 is 9.47 Å². The van der Waals surface area contributed by atoms with Crippen molar-refractivity contribution in [3.05, 3.63) is 42.4 Å². The average molecular weight is 194 g/mol. The highest BCUT2D eigenvalue weighted by atomic mass is 32.2. The van der Waals surface area contributed by atoms with Crippen molar-refractivity contribution in [1.82, 2.24) is 0 Å². The van der Waals surface area contributed by atoms with Gasteiger partial charge >= 0.3 is 0 Å². The van der Waals surface area contributed by atoms with Gasteiger partial charge in [-0.25, -0.2) is 0 Å². The molecular weight excluding hydrogens is 184 g/mol. The van der Waals surface area contributed by atoms with E-state index in [9.17, 15) is 0 Å². The average Bonchev–Trinajstić information content (AvgIpc) is 2.62. The number of rotatable bonds is 2. The zero-order chi connectivity index (χ0) is 9.10. The summed E-state index contributed by atoms with van der Waals surface area (Å²) in [7, 11) is 0. The van der Waals surface area contributed by atoms with Gasteiger partial charge in [0.25, 0.3) is 5.62 Å². The van der Waals surface area contributed by atoms with Crippen LogP contribution >= 0.6 is 11.8 Å². The van der Waals surface area contributed by atoms with Crippen LogP contribution < -0.4 is 0 Å². The number of ether oxygens (including phenoxy) is 2. The molecule has 0 bridgehead atoms. The van der Waals surface area contributed by atoms with Crippen molar-refractivity contribution in [2.45, 2.75) is 17.4 Å². The van der Waals surface area contributed by atoms with Gasteiger partial charge < -0.3 is 9.47 Å². The second kappa shape index (κ2) is 3.75. The molecule has 0 radical (unpaired) electrons. The Morgan fingerprint density at radius 2 is 1.69 bits per heavy atom. The minimum atomic E-state index is -0.220. The van der Waals surface area contributed by atoms with E-state index in [1.807, 2.05) is 0 Å². The van der Waals surface area contributed by atoms with Crippen LogP contribution in [0.4, 0.5) is 0 Å². The molecule has 68 valence electrons. The molecule has 1 aromatic rings. The van der Waals surface area contributed by atoms with Gasteiger partial charge in [-0.2, -0.15) is 0 Å². The van der Waals surface area contributed by atoms with Crippen molar-refractivity contribution >= 4 is 11.8 Å². The lowest BCUT2D eigenvalue weighted by atomic mass is 10.2. The second-order valence-corrected chi connectivity index (χ2v) is 3.86. The van der Waals surface area contributed by atoms with Gasteiger partial charge in [0.15, 0.2) is 0 Å². The fourth-order valence-corrected chi connectivity index (χ4v) is 1.76. The predicted molar refractivity (Wildman–Crippen MR) is 52.1 cm³/mol. The first-order valence-electron chi connectivity index (χ1n) is 4.04. The quantitative estimate of drug-likeness (QED) is 0.721. The third kappa shape index (κ3) is 2.18. The first kappa shape index (κ1) is 8.51. The van der Waals surface area contributed by atoms with Crippen LogP contribution in [0.15, 0.2) is 41.7 Å². The Labute approximate surface area is 81.5 Å². The van der Waals surface area contributed by atoms with E-state index < -0.39 is 0 Å². The minimum Gasteiger partial charge on any atom is -0.450 e. The number of aryl methyl sites for hydroxylation is 1. The Bertz CT molecular complexity index is 297. The molecule has 0 saturated heterocycles. The highest BCUT2D eigenvalue weighted by Crippen LogP contribution is 2.27. The summed E-state index contributed by atoms with van der Waals surface area (Å²) in [6, 6.07) is 8.27. The molecule has 0 atom stereocenters. The Morgan fingerprint density at radius 1 is 1.08 bits per heavy atom. The van der Waals surface area contributed by atoms with E-state index in [4.69, 9.17) is 9.47 Å². The van der Waals surface area contributed by atoms with Crippen LogP contribution in [-0.2, 0) is 9.47 Å². The van der Waals surface area contributed by atoms with Crippen molar-refractivity contribution in [3.63, 3.8) is 0 Å². The van der Waals surface area contributed by atoms with Crippen LogP contribution in [0.1, 0.15) is 5.56 Å². The van der Waals surface area contributed by atoms with E-state index in [1.54, 1.807) is 24.3 Å². The molecule has 1 aromatic carbocycles. The van der Waals surface area contributed by atoms with Gasteiger partial charge in [-0.15, -0.1) is 0 Å². The van der Waals surface area contributed by atoms with Crippen molar-refractivity contribution in [2.24, 2.45) is 0 Å². The van der Waals surface area contributed by atoms with Crippen molar-refractivity contribution in [2.75, 3.05) is 0 Å². The maximum atomic E-state index is 5.15. The Morgan fingerprint density at radius 3 is 2.31 bits per heavy atom. The van der Waals surface area contributed by atoms with Crippen LogP contribution in [-0.4, -0.2) is 5.62 Å². The molecule has 0 aliphatic carbocycles. The van der Waals surface area contributed by atoms with Gasteiger partial charge in [-0.05, 0) is 30.8 Å². The molecule has 3 heteroatoms. The van der Waals surface area contributed by atoms with Gasteiger partial charge in [0.2, 0.25) is 0 Å². The summed E-state index contributed by atoms with van der Waals surface area (Å²) in [6.45, 7) is 2.07. The largest absolute Gasteiger partial charge is 0.450 e. The SMILES string of the molecule is Cc1ccc(SC2OC=CO2)cc1. The molecule has 0 saturated carbocycles. The number of thioether (sulfide) groups is 1. The first-order valence-corrected chi connectivity index (χ1v) is 4.92. The predicted octanol–water partition coefficient (Wildman–Crippen LogP) is 2.89. The molecule has 13 heavy (non-hydrogen) atoms. The van der Waals surface area contributed by atoms with E-state index in [2.05, 4.69) is 31.2 Å². The van der Waals surface area contributed by atoms with Crippen LogP contribution in [0, 0.1) is 6.92 Å². The molecular formula is C10H10O2S.